The van der Waals surface area contributed by atoms with Crippen LogP contribution in [0.5, 0.6) is 0 Å². The second-order valence-corrected chi connectivity index (χ2v) is 7.27. The maximum absolute atomic E-state index is 12.1. The maximum Gasteiger partial charge on any atom is 0.250 e. The molecule has 3 aromatic rings. The summed E-state index contributed by atoms with van der Waals surface area (Å²) in [6.07, 6.45) is 2.99. The zero-order chi connectivity index (χ0) is 17.8. The Morgan fingerprint density at radius 3 is 2.44 bits per heavy atom. The predicted molar refractivity (Wildman–Crippen MR) is 106 cm³/mol. The highest BCUT2D eigenvalue weighted by molar-refractivity contribution is 7.16. The van der Waals surface area contributed by atoms with Gasteiger partial charge in [-0.1, -0.05) is 59.6 Å². The molecule has 126 valence electrons. The van der Waals surface area contributed by atoms with Gasteiger partial charge >= 0.3 is 0 Å². The number of nitrogens with one attached hydrogen (secondary N) is 1. The minimum Gasteiger partial charge on any atom is -0.298 e. The first-order valence-corrected chi connectivity index (χ1v) is 9.08. The predicted octanol–water partition coefficient (Wildman–Crippen LogP) is 6.08. The molecule has 1 amide bonds. The Bertz CT molecular complexity index is 916. The van der Waals surface area contributed by atoms with Crippen molar-refractivity contribution < 1.29 is 4.79 Å². The molecule has 0 fully saturated rings. The van der Waals surface area contributed by atoms with E-state index in [-0.39, 0.29) is 5.91 Å². The molecule has 3 nitrogen and oxygen atoms in total. The van der Waals surface area contributed by atoms with Crippen LogP contribution in [0, 0.1) is 6.92 Å². The minimum atomic E-state index is -0.288. The van der Waals surface area contributed by atoms with Gasteiger partial charge < -0.3 is 0 Å². The van der Waals surface area contributed by atoms with Crippen LogP contribution in [0.1, 0.15) is 10.4 Å². The molecule has 0 aliphatic rings. The van der Waals surface area contributed by atoms with Crippen molar-refractivity contribution in [2.45, 2.75) is 6.92 Å². The van der Waals surface area contributed by atoms with Crippen molar-refractivity contribution in [1.82, 2.24) is 4.98 Å². The molecule has 0 spiro atoms. The van der Waals surface area contributed by atoms with Crippen LogP contribution in [0.15, 0.2) is 54.6 Å². The quantitative estimate of drug-likeness (QED) is 0.550. The van der Waals surface area contributed by atoms with Gasteiger partial charge in [0, 0.05) is 32.1 Å². The maximum atomic E-state index is 12.1. The van der Waals surface area contributed by atoms with E-state index in [1.807, 2.05) is 37.3 Å². The van der Waals surface area contributed by atoms with E-state index in [0.717, 1.165) is 16.1 Å². The first kappa shape index (κ1) is 17.7. The third-order valence-electron chi connectivity index (χ3n) is 3.48. The van der Waals surface area contributed by atoms with Gasteiger partial charge in [-0.3, -0.25) is 10.1 Å². The van der Waals surface area contributed by atoms with E-state index in [0.29, 0.717) is 20.7 Å². The average Bonchev–Trinajstić information content (AvgIpc) is 2.95. The number of halogens is 2. The van der Waals surface area contributed by atoms with Crippen LogP contribution in [0.2, 0.25) is 10.0 Å². The summed E-state index contributed by atoms with van der Waals surface area (Å²) in [4.78, 5) is 17.7. The lowest BCUT2D eigenvalue weighted by Crippen LogP contribution is -2.07. The van der Waals surface area contributed by atoms with E-state index in [1.165, 1.54) is 17.4 Å². The van der Waals surface area contributed by atoms with Crippen molar-refractivity contribution in [1.29, 1.82) is 0 Å². The second-order valence-electron chi connectivity index (χ2n) is 5.25. The third-order valence-corrected chi connectivity index (χ3v) is 5.02. The number of nitrogens with zero attached hydrogens (tertiary/aromatic N) is 1. The van der Waals surface area contributed by atoms with Gasteiger partial charge in [0.25, 0.3) is 0 Å². The Hall–Kier alpha value is -2.14. The summed E-state index contributed by atoms with van der Waals surface area (Å²) in [6, 6.07) is 15.1. The second kappa shape index (κ2) is 7.83. The summed E-state index contributed by atoms with van der Waals surface area (Å²) in [7, 11) is 0. The lowest BCUT2D eigenvalue weighted by atomic mass is 10.1. The number of benzene rings is 2. The molecule has 0 radical (unpaired) electrons. The number of carbonyl (C=O) groups is 1. The van der Waals surface area contributed by atoms with Crippen molar-refractivity contribution >= 4 is 51.7 Å². The van der Waals surface area contributed by atoms with Gasteiger partial charge in [-0.05, 0) is 25.1 Å². The topological polar surface area (TPSA) is 42.0 Å². The molecule has 0 saturated carbocycles. The molecule has 1 aromatic heterocycles. The Morgan fingerprint density at radius 1 is 1.08 bits per heavy atom. The number of rotatable bonds is 4. The van der Waals surface area contributed by atoms with Crippen LogP contribution in [-0.2, 0) is 4.79 Å². The molecule has 0 saturated heterocycles. The molecule has 3 rings (SSSR count). The summed E-state index contributed by atoms with van der Waals surface area (Å²) in [5.41, 5.74) is 2.51. The first-order valence-electron chi connectivity index (χ1n) is 7.50. The number of thiazole rings is 1. The van der Waals surface area contributed by atoms with Crippen molar-refractivity contribution in [2.75, 3.05) is 5.32 Å². The van der Waals surface area contributed by atoms with Crippen LogP contribution in [0.3, 0.4) is 0 Å². The molecular weight excluding hydrogens is 375 g/mol. The number of hydrogen-bond donors (Lipinski definition) is 1. The molecule has 0 aliphatic carbocycles. The molecule has 25 heavy (non-hydrogen) atoms. The van der Waals surface area contributed by atoms with Crippen LogP contribution in [0.25, 0.3) is 17.3 Å². The van der Waals surface area contributed by atoms with Crippen molar-refractivity contribution in [3.8, 4) is 11.3 Å². The molecule has 0 atom stereocenters. The van der Waals surface area contributed by atoms with Gasteiger partial charge in [-0.2, -0.15) is 0 Å². The van der Waals surface area contributed by atoms with Crippen LogP contribution in [0.4, 0.5) is 5.13 Å². The van der Waals surface area contributed by atoms with Gasteiger partial charge in [0.05, 0.1) is 5.69 Å². The lowest BCUT2D eigenvalue weighted by molar-refractivity contribution is -0.111. The summed E-state index contributed by atoms with van der Waals surface area (Å²) >= 11 is 13.6. The summed E-state index contributed by atoms with van der Waals surface area (Å²) < 4.78 is 0. The number of anilines is 1. The van der Waals surface area contributed by atoms with Crippen LogP contribution < -0.4 is 5.32 Å². The highest BCUT2D eigenvalue weighted by Crippen LogP contribution is 2.30. The zero-order valence-electron chi connectivity index (χ0n) is 13.3. The SMILES string of the molecule is Cc1sc(NC(=O)/C=C/c2c(Cl)cccc2Cl)nc1-c1ccccc1. The summed E-state index contributed by atoms with van der Waals surface area (Å²) in [6.45, 7) is 1.98. The Labute approximate surface area is 159 Å². The van der Waals surface area contributed by atoms with Crippen LogP contribution >= 0.6 is 34.5 Å². The Balaban J connectivity index is 1.75. The zero-order valence-corrected chi connectivity index (χ0v) is 15.6. The smallest absolute Gasteiger partial charge is 0.250 e. The number of amides is 1. The molecule has 0 unspecified atom stereocenters. The number of carbonyl (C=O) groups excluding carboxylic acids is 1. The van der Waals surface area contributed by atoms with Crippen molar-refractivity contribution in [3.05, 3.63) is 75.1 Å². The van der Waals surface area contributed by atoms with E-state index >= 15 is 0 Å². The Kier molecular flexibility index (Phi) is 5.53. The largest absolute Gasteiger partial charge is 0.298 e. The standard InChI is InChI=1S/C19H14Cl2N2OS/c1-12-18(13-6-3-2-4-7-13)23-19(25-12)22-17(24)11-10-14-15(20)8-5-9-16(14)21/h2-11H,1H3,(H,22,23,24)/b11-10+. The fraction of sp³-hybridized carbons (Fsp3) is 0.0526. The monoisotopic (exact) mass is 388 g/mol. The van der Waals surface area contributed by atoms with Gasteiger partial charge in [0.15, 0.2) is 5.13 Å². The van der Waals surface area contributed by atoms with Gasteiger partial charge in [0.2, 0.25) is 5.91 Å². The van der Waals surface area contributed by atoms with E-state index in [4.69, 9.17) is 23.2 Å². The highest BCUT2D eigenvalue weighted by Gasteiger charge is 2.11. The number of aryl methyl sites for hydroxylation is 1. The lowest BCUT2D eigenvalue weighted by Gasteiger charge is -2.01. The number of aromatic nitrogens is 1. The van der Waals surface area contributed by atoms with Gasteiger partial charge in [-0.15, -0.1) is 11.3 Å². The summed E-state index contributed by atoms with van der Waals surface area (Å²) in [5, 5.41) is 4.32. The van der Waals surface area contributed by atoms with E-state index in [1.54, 1.807) is 24.3 Å². The minimum absolute atomic E-state index is 0.288. The summed E-state index contributed by atoms with van der Waals surface area (Å²) in [5.74, 6) is -0.288. The average molecular weight is 389 g/mol. The Morgan fingerprint density at radius 2 is 1.76 bits per heavy atom. The molecule has 6 heteroatoms. The number of hydrogen-bond acceptors (Lipinski definition) is 3. The molecule has 0 bridgehead atoms. The van der Waals surface area contributed by atoms with Gasteiger partial charge in [-0.25, -0.2) is 4.98 Å². The molecule has 0 aliphatic heterocycles. The fourth-order valence-electron chi connectivity index (χ4n) is 2.29. The van der Waals surface area contributed by atoms with E-state index in [9.17, 15) is 4.79 Å². The van der Waals surface area contributed by atoms with E-state index < -0.39 is 0 Å². The van der Waals surface area contributed by atoms with Gasteiger partial charge in [0.1, 0.15) is 0 Å². The molecule has 1 N–H and O–H groups in total. The third kappa shape index (κ3) is 4.28. The van der Waals surface area contributed by atoms with E-state index in [2.05, 4.69) is 10.3 Å². The molecular formula is C19H14Cl2N2OS. The fourth-order valence-corrected chi connectivity index (χ4v) is 3.65. The normalized spacial score (nSPS) is 11.0. The molecule has 1 heterocycles. The molecule has 2 aromatic carbocycles. The first-order chi connectivity index (χ1) is 12.0. The van der Waals surface area contributed by atoms with Crippen LogP contribution in [-0.4, -0.2) is 10.9 Å². The van der Waals surface area contributed by atoms with Crippen molar-refractivity contribution in [3.63, 3.8) is 0 Å². The highest BCUT2D eigenvalue weighted by atomic mass is 35.5. The van der Waals surface area contributed by atoms with Crippen molar-refractivity contribution in [2.24, 2.45) is 0 Å².